The minimum atomic E-state index is -0.660. The van der Waals surface area contributed by atoms with Crippen LogP contribution >= 0.6 is 0 Å². The summed E-state index contributed by atoms with van der Waals surface area (Å²) in [5.41, 5.74) is -0.131. The molecule has 132 valence electrons. The molecule has 0 unspecified atom stereocenters. The number of hydrogen-bond donors (Lipinski definition) is 1. The van der Waals surface area contributed by atoms with Crippen molar-refractivity contribution in [2.24, 2.45) is 5.92 Å². The average Bonchev–Trinajstić information content (AvgIpc) is 3.02. The fraction of sp³-hybridized carbons (Fsp3) is 0.588. The first-order valence-corrected chi connectivity index (χ1v) is 8.23. The Hall–Kier alpha value is -1.73. The van der Waals surface area contributed by atoms with Crippen LogP contribution < -0.4 is 5.32 Å². The first-order valence-electron chi connectivity index (χ1n) is 8.23. The van der Waals surface area contributed by atoms with Gasteiger partial charge in [-0.05, 0) is 31.9 Å². The minimum absolute atomic E-state index is 0.0877. The number of rotatable bonds is 3. The van der Waals surface area contributed by atoms with E-state index in [1.165, 1.54) is 18.2 Å². The van der Waals surface area contributed by atoms with Crippen molar-refractivity contribution < 1.29 is 23.0 Å². The molecule has 0 bridgehead atoms. The maximum absolute atomic E-state index is 13.6. The van der Waals surface area contributed by atoms with E-state index >= 15 is 0 Å². The Balaban J connectivity index is 1.59. The highest BCUT2D eigenvalue weighted by Gasteiger charge is 2.42. The van der Waals surface area contributed by atoms with Crippen LogP contribution in [0.2, 0.25) is 0 Å². The molecule has 2 amide bonds. The van der Waals surface area contributed by atoms with Gasteiger partial charge in [-0.1, -0.05) is 6.07 Å². The summed E-state index contributed by atoms with van der Waals surface area (Å²) in [5.74, 6) is -1.89. The van der Waals surface area contributed by atoms with Crippen LogP contribution in [0.5, 0.6) is 0 Å². The molecule has 24 heavy (non-hydrogen) atoms. The van der Waals surface area contributed by atoms with Crippen molar-refractivity contribution in [2.75, 3.05) is 26.3 Å². The normalized spacial score (nSPS) is 23.3. The second kappa shape index (κ2) is 7.03. The smallest absolute Gasteiger partial charge is 0.317 e. The number of piperidine rings is 1. The van der Waals surface area contributed by atoms with Gasteiger partial charge in [0.15, 0.2) is 5.79 Å². The van der Waals surface area contributed by atoms with E-state index in [1.54, 1.807) is 4.90 Å². The molecule has 0 aromatic heterocycles. The van der Waals surface area contributed by atoms with Gasteiger partial charge in [0.2, 0.25) is 0 Å². The van der Waals surface area contributed by atoms with E-state index in [4.69, 9.17) is 9.47 Å². The van der Waals surface area contributed by atoms with Crippen molar-refractivity contribution in [1.29, 1.82) is 0 Å². The molecule has 2 heterocycles. The van der Waals surface area contributed by atoms with E-state index in [1.807, 2.05) is 6.92 Å². The summed E-state index contributed by atoms with van der Waals surface area (Å²) >= 11 is 0. The predicted molar refractivity (Wildman–Crippen MR) is 83.2 cm³/mol. The SMILES string of the molecule is CC1([C@@H]2CCCN(C(=O)NCc3c(F)cccc3F)C2)OCCO1. The number of carbonyl (C=O) groups is 1. The number of benzene rings is 1. The van der Waals surface area contributed by atoms with Crippen molar-refractivity contribution in [1.82, 2.24) is 10.2 Å². The topological polar surface area (TPSA) is 50.8 Å². The number of hydrogen-bond acceptors (Lipinski definition) is 3. The maximum Gasteiger partial charge on any atom is 0.317 e. The number of halogens is 2. The molecule has 1 N–H and O–H groups in total. The minimum Gasteiger partial charge on any atom is -0.347 e. The summed E-state index contributed by atoms with van der Waals surface area (Å²) in [6.45, 7) is 3.96. The highest BCUT2D eigenvalue weighted by Crippen LogP contribution is 2.34. The molecule has 2 aliphatic heterocycles. The van der Waals surface area contributed by atoms with Crippen LogP contribution in [-0.2, 0) is 16.0 Å². The zero-order valence-electron chi connectivity index (χ0n) is 13.7. The van der Waals surface area contributed by atoms with Crippen molar-refractivity contribution in [3.8, 4) is 0 Å². The lowest BCUT2D eigenvalue weighted by Gasteiger charge is -2.39. The van der Waals surface area contributed by atoms with Crippen LogP contribution in [0, 0.1) is 17.6 Å². The highest BCUT2D eigenvalue weighted by molar-refractivity contribution is 5.74. The molecule has 0 aliphatic carbocycles. The Bertz CT molecular complexity index is 585. The number of amides is 2. The van der Waals surface area contributed by atoms with Crippen LogP contribution in [0.1, 0.15) is 25.3 Å². The Labute approximate surface area is 139 Å². The summed E-state index contributed by atoms with van der Waals surface area (Å²) in [5, 5.41) is 2.60. The standard InChI is InChI=1S/C17H22F2N2O3/c1-17(23-8-9-24-17)12-4-3-7-21(11-12)16(22)20-10-13-14(18)5-2-6-15(13)19/h2,5-6,12H,3-4,7-11H2,1H3,(H,20,22)/t12-/m1/s1. The quantitative estimate of drug-likeness (QED) is 0.920. The number of nitrogens with one attached hydrogen (secondary N) is 1. The third kappa shape index (κ3) is 3.52. The lowest BCUT2D eigenvalue weighted by atomic mass is 9.90. The first kappa shape index (κ1) is 17.1. The lowest BCUT2D eigenvalue weighted by Crippen LogP contribution is -2.51. The van der Waals surface area contributed by atoms with Gasteiger partial charge in [0, 0.05) is 24.6 Å². The van der Waals surface area contributed by atoms with Gasteiger partial charge in [0.05, 0.1) is 19.8 Å². The van der Waals surface area contributed by atoms with Gasteiger partial charge >= 0.3 is 6.03 Å². The average molecular weight is 340 g/mol. The van der Waals surface area contributed by atoms with E-state index in [0.717, 1.165) is 12.8 Å². The molecule has 2 fully saturated rings. The van der Waals surface area contributed by atoms with Crippen molar-refractivity contribution >= 4 is 6.03 Å². The van der Waals surface area contributed by atoms with Gasteiger partial charge in [-0.15, -0.1) is 0 Å². The second-order valence-corrected chi connectivity index (χ2v) is 6.36. The van der Waals surface area contributed by atoms with E-state index < -0.39 is 17.4 Å². The van der Waals surface area contributed by atoms with Gasteiger partial charge in [0.1, 0.15) is 11.6 Å². The number of ether oxygens (including phenoxy) is 2. The van der Waals surface area contributed by atoms with Crippen LogP contribution in [0.3, 0.4) is 0 Å². The first-order chi connectivity index (χ1) is 11.5. The lowest BCUT2D eigenvalue weighted by molar-refractivity contribution is -0.189. The number of nitrogens with zero attached hydrogens (tertiary/aromatic N) is 1. The molecule has 1 aromatic rings. The van der Waals surface area contributed by atoms with Gasteiger partial charge in [-0.3, -0.25) is 0 Å². The van der Waals surface area contributed by atoms with Crippen LogP contribution in [0.25, 0.3) is 0 Å². The molecule has 0 saturated carbocycles. The number of carbonyl (C=O) groups excluding carboxylic acids is 1. The molecular weight excluding hydrogens is 318 g/mol. The number of urea groups is 1. The van der Waals surface area contributed by atoms with Crippen molar-refractivity contribution in [3.63, 3.8) is 0 Å². The molecule has 2 saturated heterocycles. The summed E-state index contributed by atoms with van der Waals surface area (Å²) in [6.07, 6.45) is 1.76. The predicted octanol–water partition coefficient (Wildman–Crippen LogP) is 2.65. The van der Waals surface area contributed by atoms with Gasteiger partial charge in [-0.25, -0.2) is 13.6 Å². The zero-order valence-corrected chi connectivity index (χ0v) is 13.7. The Kier molecular flexibility index (Phi) is 5.01. The second-order valence-electron chi connectivity index (χ2n) is 6.36. The van der Waals surface area contributed by atoms with Crippen LogP contribution in [0.15, 0.2) is 18.2 Å². The van der Waals surface area contributed by atoms with Gasteiger partial charge in [-0.2, -0.15) is 0 Å². The summed E-state index contributed by atoms with van der Waals surface area (Å²) in [6, 6.07) is 3.32. The van der Waals surface area contributed by atoms with Crippen molar-refractivity contribution in [3.05, 3.63) is 35.4 Å². The molecule has 0 radical (unpaired) electrons. The Morgan fingerprint density at radius 1 is 1.33 bits per heavy atom. The Morgan fingerprint density at radius 2 is 2.00 bits per heavy atom. The maximum atomic E-state index is 13.6. The Morgan fingerprint density at radius 3 is 2.67 bits per heavy atom. The molecule has 3 rings (SSSR count). The van der Waals surface area contributed by atoms with Gasteiger partial charge in [0.25, 0.3) is 0 Å². The molecule has 5 nitrogen and oxygen atoms in total. The molecule has 1 aromatic carbocycles. The fourth-order valence-electron chi connectivity index (χ4n) is 3.33. The van der Waals surface area contributed by atoms with Crippen LogP contribution in [-0.4, -0.2) is 43.0 Å². The zero-order chi connectivity index (χ0) is 17.2. The third-order valence-corrected chi connectivity index (χ3v) is 4.79. The monoisotopic (exact) mass is 340 g/mol. The van der Waals surface area contributed by atoms with Crippen molar-refractivity contribution in [2.45, 2.75) is 32.1 Å². The van der Waals surface area contributed by atoms with Crippen LogP contribution in [0.4, 0.5) is 13.6 Å². The highest BCUT2D eigenvalue weighted by atomic mass is 19.1. The molecule has 1 atom stereocenters. The van der Waals surface area contributed by atoms with E-state index in [0.29, 0.717) is 26.3 Å². The molecule has 7 heteroatoms. The molecular formula is C17H22F2N2O3. The van der Waals surface area contributed by atoms with E-state index in [9.17, 15) is 13.6 Å². The molecule has 0 spiro atoms. The number of likely N-dealkylation sites (tertiary alicyclic amines) is 1. The summed E-state index contributed by atoms with van der Waals surface area (Å²) in [4.78, 5) is 14.0. The van der Waals surface area contributed by atoms with E-state index in [2.05, 4.69) is 5.32 Å². The van der Waals surface area contributed by atoms with Gasteiger partial charge < -0.3 is 19.7 Å². The molecule has 2 aliphatic rings. The largest absolute Gasteiger partial charge is 0.347 e. The summed E-state index contributed by atoms with van der Waals surface area (Å²) < 4.78 is 38.6. The third-order valence-electron chi connectivity index (χ3n) is 4.79. The fourth-order valence-corrected chi connectivity index (χ4v) is 3.33. The van der Waals surface area contributed by atoms with E-state index in [-0.39, 0.29) is 24.1 Å². The summed E-state index contributed by atoms with van der Waals surface area (Å²) in [7, 11) is 0.